The van der Waals surface area contributed by atoms with Crippen LogP contribution in [0.5, 0.6) is 0 Å². The fraction of sp³-hybridized carbons (Fsp3) is 0.571. The Balaban J connectivity index is 2.38. The first-order valence-corrected chi connectivity index (χ1v) is 8.23. The average Bonchev–Trinajstić information content (AvgIpc) is 2.36. The molecule has 5 nitrogen and oxygen atoms in total. The van der Waals surface area contributed by atoms with Crippen LogP contribution in [-0.4, -0.2) is 48.9 Å². The average molecular weight is 301 g/mol. The number of hydrogen-bond acceptors (Lipinski definition) is 4. The molecule has 1 atom stereocenters. The van der Waals surface area contributed by atoms with E-state index in [1.807, 2.05) is 42.3 Å². The van der Waals surface area contributed by atoms with E-state index in [0.29, 0.717) is 25.9 Å². The smallest absolute Gasteiger partial charge is 0.264 e. The third-order valence-corrected chi connectivity index (χ3v) is 4.12. The topological polar surface area (TPSA) is 77.8 Å². The van der Waals surface area contributed by atoms with E-state index in [9.17, 15) is 13.5 Å². The lowest BCUT2D eigenvalue weighted by atomic mass is 9.92. The van der Waals surface area contributed by atoms with Gasteiger partial charge in [-0.1, -0.05) is 30.3 Å². The first kappa shape index (κ1) is 17.1. The lowest BCUT2D eigenvalue weighted by Gasteiger charge is -2.26. The van der Waals surface area contributed by atoms with E-state index < -0.39 is 15.7 Å². The van der Waals surface area contributed by atoms with Gasteiger partial charge in [-0.2, -0.15) is 8.42 Å². The Bertz CT molecular complexity index is 499. The van der Waals surface area contributed by atoms with E-state index in [4.69, 9.17) is 4.55 Å². The lowest BCUT2D eigenvalue weighted by Crippen LogP contribution is -2.30. The number of benzene rings is 1. The van der Waals surface area contributed by atoms with Crippen LogP contribution >= 0.6 is 0 Å². The van der Waals surface area contributed by atoms with Gasteiger partial charge >= 0.3 is 0 Å². The quantitative estimate of drug-likeness (QED) is 0.711. The maximum atomic E-state index is 10.6. The molecule has 0 spiro atoms. The second-order valence-electron chi connectivity index (χ2n) is 5.33. The fourth-order valence-corrected chi connectivity index (χ4v) is 2.47. The molecule has 2 N–H and O–H groups in total. The normalized spacial score (nSPS) is 15.2. The Morgan fingerprint density at radius 3 is 2.35 bits per heavy atom. The molecule has 0 radical (unpaired) electrons. The highest BCUT2D eigenvalue weighted by Crippen LogP contribution is 2.24. The molecule has 114 valence electrons. The summed E-state index contributed by atoms with van der Waals surface area (Å²) in [5, 5.41) is 10.4. The van der Waals surface area contributed by atoms with Gasteiger partial charge in [0.15, 0.2) is 0 Å². The van der Waals surface area contributed by atoms with E-state index in [0.717, 1.165) is 5.56 Å². The highest BCUT2D eigenvalue weighted by atomic mass is 32.2. The zero-order chi connectivity index (χ0) is 15.2. The summed E-state index contributed by atoms with van der Waals surface area (Å²) in [6.07, 6.45) is 0.933. The van der Waals surface area contributed by atoms with Crippen LogP contribution in [-0.2, 0) is 15.7 Å². The van der Waals surface area contributed by atoms with Gasteiger partial charge in [0.1, 0.15) is 0 Å². The molecule has 0 amide bonds. The summed E-state index contributed by atoms with van der Waals surface area (Å²) in [6.45, 7) is 2.98. The molecule has 0 heterocycles. The second-order valence-corrected chi connectivity index (χ2v) is 6.90. The largest absolute Gasteiger partial charge is 0.385 e. The van der Waals surface area contributed by atoms with Gasteiger partial charge in [-0.25, -0.2) is 0 Å². The summed E-state index contributed by atoms with van der Waals surface area (Å²) < 4.78 is 29.9. The molecular formula is C14H23NO4S. The molecule has 0 saturated carbocycles. The van der Waals surface area contributed by atoms with Crippen LogP contribution in [0, 0.1) is 0 Å². The lowest BCUT2D eigenvalue weighted by molar-refractivity contribution is 0.0385. The molecule has 0 bridgehead atoms. The van der Waals surface area contributed by atoms with Gasteiger partial charge in [-0.05, 0) is 38.9 Å². The van der Waals surface area contributed by atoms with Gasteiger partial charge in [0.25, 0.3) is 10.1 Å². The first-order valence-electron chi connectivity index (χ1n) is 6.62. The molecule has 0 fully saturated rings. The van der Waals surface area contributed by atoms with Gasteiger partial charge < -0.3 is 10.0 Å². The predicted octanol–water partition coefficient (Wildman–Crippen LogP) is 1.49. The fourth-order valence-electron chi connectivity index (χ4n) is 1.98. The Kier molecular flexibility index (Phi) is 6.13. The van der Waals surface area contributed by atoms with Crippen molar-refractivity contribution in [2.24, 2.45) is 0 Å². The molecular weight excluding hydrogens is 278 g/mol. The molecule has 0 aliphatic rings. The van der Waals surface area contributed by atoms with E-state index in [1.54, 1.807) is 6.92 Å². The summed E-state index contributed by atoms with van der Waals surface area (Å²) in [5.74, 6) is -0.230. The van der Waals surface area contributed by atoms with E-state index in [-0.39, 0.29) is 5.75 Å². The van der Waals surface area contributed by atoms with Crippen LogP contribution in [0.4, 0.5) is 0 Å². The SMILES string of the molecule is CN(CCCS(=O)(=O)O)CCC(C)(O)c1ccccc1. The Hall–Kier alpha value is -0.950. The van der Waals surface area contributed by atoms with E-state index >= 15 is 0 Å². The highest BCUT2D eigenvalue weighted by molar-refractivity contribution is 7.85. The minimum atomic E-state index is -3.88. The summed E-state index contributed by atoms with van der Waals surface area (Å²) in [6, 6.07) is 9.46. The summed E-state index contributed by atoms with van der Waals surface area (Å²) >= 11 is 0. The van der Waals surface area contributed by atoms with Crippen LogP contribution < -0.4 is 0 Å². The van der Waals surface area contributed by atoms with Crippen molar-refractivity contribution in [1.29, 1.82) is 0 Å². The molecule has 0 aliphatic heterocycles. The number of hydrogen-bond donors (Lipinski definition) is 2. The number of rotatable bonds is 8. The van der Waals surface area contributed by atoms with Crippen LogP contribution in [0.25, 0.3) is 0 Å². The summed E-state index contributed by atoms with van der Waals surface area (Å²) in [5.41, 5.74) is -0.0372. The van der Waals surface area contributed by atoms with Crippen molar-refractivity contribution in [2.75, 3.05) is 25.9 Å². The van der Waals surface area contributed by atoms with Crippen molar-refractivity contribution < 1.29 is 18.1 Å². The standard InChI is InChI=1S/C14H23NO4S/c1-14(16,13-7-4-3-5-8-13)9-11-15(2)10-6-12-20(17,18)19/h3-5,7-8,16H,6,9-12H2,1-2H3,(H,17,18,19). The van der Waals surface area contributed by atoms with Gasteiger partial charge in [0.05, 0.1) is 11.4 Å². The Labute approximate surface area is 121 Å². The zero-order valence-corrected chi connectivity index (χ0v) is 12.8. The van der Waals surface area contributed by atoms with Crippen LogP contribution in [0.1, 0.15) is 25.3 Å². The molecule has 0 aliphatic carbocycles. The number of aliphatic hydroxyl groups is 1. The second kappa shape index (κ2) is 7.17. The van der Waals surface area contributed by atoms with Crippen molar-refractivity contribution in [3.63, 3.8) is 0 Å². The third-order valence-electron chi connectivity index (χ3n) is 3.32. The van der Waals surface area contributed by atoms with Crippen LogP contribution in [0.3, 0.4) is 0 Å². The molecule has 1 unspecified atom stereocenters. The van der Waals surface area contributed by atoms with Gasteiger partial charge in [-0.3, -0.25) is 4.55 Å². The van der Waals surface area contributed by atoms with Crippen molar-refractivity contribution in [2.45, 2.75) is 25.4 Å². The molecule has 0 saturated heterocycles. The van der Waals surface area contributed by atoms with Crippen molar-refractivity contribution >= 4 is 10.1 Å². The predicted molar refractivity (Wildman–Crippen MR) is 79.2 cm³/mol. The monoisotopic (exact) mass is 301 g/mol. The van der Waals surface area contributed by atoms with Crippen molar-refractivity contribution in [3.8, 4) is 0 Å². The molecule has 20 heavy (non-hydrogen) atoms. The van der Waals surface area contributed by atoms with Crippen LogP contribution in [0.15, 0.2) is 30.3 Å². The number of nitrogens with zero attached hydrogens (tertiary/aromatic N) is 1. The van der Waals surface area contributed by atoms with Crippen molar-refractivity contribution in [3.05, 3.63) is 35.9 Å². The molecule has 1 aromatic rings. The maximum absolute atomic E-state index is 10.6. The molecule has 6 heteroatoms. The Morgan fingerprint density at radius 1 is 1.20 bits per heavy atom. The first-order chi connectivity index (χ1) is 9.21. The van der Waals surface area contributed by atoms with E-state index in [1.165, 1.54) is 0 Å². The van der Waals surface area contributed by atoms with Gasteiger partial charge in [0.2, 0.25) is 0 Å². The van der Waals surface area contributed by atoms with Crippen molar-refractivity contribution in [1.82, 2.24) is 4.90 Å². The summed E-state index contributed by atoms with van der Waals surface area (Å²) in [4.78, 5) is 1.95. The minimum absolute atomic E-state index is 0.230. The molecule has 1 aromatic carbocycles. The molecule has 1 rings (SSSR count). The van der Waals surface area contributed by atoms with E-state index in [2.05, 4.69) is 0 Å². The Morgan fingerprint density at radius 2 is 1.80 bits per heavy atom. The molecule has 0 aromatic heterocycles. The third kappa shape index (κ3) is 6.47. The summed E-state index contributed by atoms with van der Waals surface area (Å²) in [7, 11) is -2.02. The van der Waals surface area contributed by atoms with Gasteiger partial charge in [0, 0.05) is 6.54 Å². The zero-order valence-electron chi connectivity index (χ0n) is 12.0. The highest BCUT2D eigenvalue weighted by Gasteiger charge is 2.22. The minimum Gasteiger partial charge on any atom is -0.385 e. The van der Waals surface area contributed by atoms with Crippen LogP contribution in [0.2, 0.25) is 0 Å². The maximum Gasteiger partial charge on any atom is 0.264 e. The van der Waals surface area contributed by atoms with Gasteiger partial charge in [-0.15, -0.1) is 0 Å².